The van der Waals surface area contributed by atoms with Crippen LogP contribution in [-0.2, 0) is 0 Å². The molecule has 1 aliphatic rings. The highest BCUT2D eigenvalue weighted by Crippen LogP contribution is 2.25. The Bertz CT molecular complexity index is 356. The first-order valence-corrected chi connectivity index (χ1v) is 5.94. The van der Waals surface area contributed by atoms with Crippen molar-refractivity contribution in [1.29, 1.82) is 0 Å². The second-order valence-electron chi connectivity index (χ2n) is 4.36. The van der Waals surface area contributed by atoms with Gasteiger partial charge in [0.1, 0.15) is 5.75 Å². The van der Waals surface area contributed by atoms with E-state index in [-0.39, 0.29) is 6.04 Å². The van der Waals surface area contributed by atoms with Crippen LogP contribution in [0.4, 0.5) is 0 Å². The van der Waals surface area contributed by atoms with Gasteiger partial charge in [-0.3, -0.25) is 0 Å². The van der Waals surface area contributed by atoms with E-state index in [4.69, 9.17) is 10.5 Å². The molecular formula is C14H19NO. The lowest BCUT2D eigenvalue weighted by Crippen LogP contribution is -2.12. The Morgan fingerprint density at radius 2 is 2.12 bits per heavy atom. The lowest BCUT2D eigenvalue weighted by Gasteiger charge is -2.14. The summed E-state index contributed by atoms with van der Waals surface area (Å²) >= 11 is 0. The van der Waals surface area contributed by atoms with E-state index >= 15 is 0 Å². The Morgan fingerprint density at radius 1 is 1.38 bits per heavy atom. The van der Waals surface area contributed by atoms with Crippen LogP contribution in [-0.4, -0.2) is 6.10 Å². The van der Waals surface area contributed by atoms with E-state index in [0.29, 0.717) is 6.10 Å². The van der Waals surface area contributed by atoms with Crippen molar-refractivity contribution in [3.05, 3.63) is 42.5 Å². The van der Waals surface area contributed by atoms with Crippen LogP contribution in [0, 0.1) is 0 Å². The van der Waals surface area contributed by atoms with Crippen molar-refractivity contribution >= 4 is 0 Å². The minimum absolute atomic E-state index is 0.105. The zero-order valence-electron chi connectivity index (χ0n) is 9.56. The summed E-state index contributed by atoms with van der Waals surface area (Å²) in [5.74, 6) is 0.932. The highest BCUT2D eigenvalue weighted by molar-refractivity contribution is 5.32. The zero-order chi connectivity index (χ0) is 11.4. The third-order valence-electron chi connectivity index (χ3n) is 3.10. The van der Waals surface area contributed by atoms with Gasteiger partial charge in [0.2, 0.25) is 0 Å². The average Bonchev–Trinajstić information content (AvgIpc) is 2.81. The minimum Gasteiger partial charge on any atom is -0.490 e. The molecule has 86 valence electrons. The summed E-state index contributed by atoms with van der Waals surface area (Å²) in [6.45, 7) is 3.70. The first-order valence-electron chi connectivity index (χ1n) is 5.94. The standard InChI is InChI=1S/C14H19NO/c1-2-14(15)11-6-5-9-13(10-11)16-12-7-3-4-8-12/h2,5-6,9-10,12,14H,1,3-4,7-8,15H2. The predicted octanol–water partition coefficient (Wildman–Crippen LogP) is 3.19. The van der Waals surface area contributed by atoms with Crippen molar-refractivity contribution in [3.63, 3.8) is 0 Å². The molecule has 1 saturated carbocycles. The Balaban J connectivity index is 2.06. The summed E-state index contributed by atoms with van der Waals surface area (Å²) in [7, 11) is 0. The highest BCUT2D eigenvalue weighted by atomic mass is 16.5. The van der Waals surface area contributed by atoms with Crippen LogP contribution in [0.1, 0.15) is 37.3 Å². The van der Waals surface area contributed by atoms with Gasteiger partial charge in [0.05, 0.1) is 6.10 Å². The van der Waals surface area contributed by atoms with E-state index in [2.05, 4.69) is 6.58 Å². The maximum atomic E-state index is 5.92. The second kappa shape index (κ2) is 5.17. The normalized spacial score (nSPS) is 18.3. The van der Waals surface area contributed by atoms with Crippen LogP contribution in [0.2, 0.25) is 0 Å². The third kappa shape index (κ3) is 2.64. The summed E-state index contributed by atoms with van der Waals surface area (Å²) in [6.07, 6.45) is 7.08. The van der Waals surface area contributed by atoms with E-state index in [0.717, 1.165) is 11.3 Å². The quantitative estimate of drug-likeness (QED) is 0.786. The van der Waals surface area contributed by atoms with Crippen molar-refractivity contribution in [2.45, 2.75) is 37.8 Å². The zero-order valence-corrected chi connectivity index (χ0v) is 9.56. The molecule has 0 aromatic heterocycles. The van der Waals surface area contributed by atoms with Gasteiger partial charge in [0, 0.05) is 6.04 Å². The summed E-state index contributed by atoms with van der Waals surface area (Å²) in [5.41, 5.74) is 6.96. The van der Waals surface area contributed by atoms with E-state index in [1.807, 2.05) is 24.3 Å². The molecular weight excluding hydrogens is 198 g/mol. The van der Waals surface area contributed by atoms with Crippen molar-refractivity contribution in [3.8, 4) is 5.75 Å². The first kappa shape index (κ1) is 11.2. The minimum atomic E-state index is -0.105. The molecule has 0 bridgehead atoms. The van der Waals surface area contributed by atoms with Crippen molar-refractivity contribution in [2.75, 3.05) is 0 Å². The molecule has 1 fully saturated rings. The molecule has 2 heteroatoms. The van der Waals surface area contributed by atoms with Crippen molar-refractivity contribution in [2.24, 2.45) is 5.73 Å². The highest BCUT2D eigenvalue weighted by Gasteiger charge is 2.16. The van der Waals surface area contributed by atoms with Crippen LogP contribution in [0.5, 0.6) is 5.75 Å². The topological polar surface area (TPSA) is 35.2 Å². The molecule has 0 aliphatic heterocycles. The van der Waals surface area contributed by atoms with Gasteiger partial charge < -0.3 is 10.5 Å². The molecule has 1 aromatic carbocycles. The number of hydrogen-bond acceptors (Lipinski definition) is 2. The van der Waals surface area contributed by atoms with Gasteiger partial charge in [-0.25, -0.2) is 0 Å². The Kier molecular flexibility index (Phi) is 3.62. The molecule has 2 nitrogen and oxygen atoms in total. The largest absolute Gasteiger partial charge is 0.490 e. The fourth-order valence-electron chi connectivity index (χ4n) is 2.13. The summed E-state index contributed by atoms with van der Waals surface area (Å²) in [4.78, 5) is 0. The Hall–Kier alpha value is -1.28. The SMILES string of the molecule is C=CC(N)c1cccc(OC2CCCC2)c1. The Labute approximate surface area is 97.1 Å². The molecule has 0 amide bonds. The maximum Gasteiger partial charge on any atom is 0.120 e. The van der Waals surface area contributed by atoms with Crippen LogP contribution in [0.15, 0.2) is 36.9 Å². The van der Waals surface area contributed by atoms with E-state index < -0.39 is 0 Å². The number of ether oxygens (including phenoxy) is 1. The first-order chi connectivity index (χ1) is 7.79. The molecule has 16 heavy (non-hydrogen) atoms. The summed E-state index contributed by atoms with van der Waals surface area (Å²) in [5, 5.41) is 0. The lowest BCUT2D eigenvalue weighted by atomic mass is 10.1. The number of benzene rings is 1. The fourth-order valence-corrected chi connectivity index (χ4v) is 2.13. The van der Waals surface area contributed by atoms with Crippen LogP contribution >= 0.6 is 0 Å². The van der Waals surface area contributed by atoms with Crippen molar-refractivity contribution < 1.29 is 4.74 Å². The molecule has 2 rings (SSSR count). The van der Waals surface area contributed by atoms with Crippen LogP contribution in [0.3, 0.4) is 0 Å². The molecule has 2 N–H and O–H groups in total. The van der Waals surface area contributed by atoms with Gasteiger partial charge in [-0.15, -0.1) is 6.58 Å². The third-order valence-corrected chi connectivity index (χ3v) is 3.10. The molecule has 0 spiro atoms. The summed E-state index contributed by atoms with van der Waals surface area (Å²) < 4.78 is 5.92. The lowest BCUT2D eigenvalue weighted by molar-refractivity contribution is 0.210. The van der Waals surface area contributed by atoms with Gasteiger partial charge >= 0.3 is 0 Å². The average molecular weight is 217 g/mol. The fraction of sp³-hybridized carbons (Fsp3) is 0.429. The van der Waals surface area contributed by atoms with Crippen LogP contribution in [0.25, 0.3) is 0 Å². The number of nitrogens with two attached hydrogens (primary N) is 1. The van der Waals surface area contributed by atoms with E-state index in [1.165, 1.54) is 25.7 Å². The molecule has 0 heterocycles. The second-order valence-corrected chi connectivity index (χ2v) is 4.36. The molecule has 1 aliphatic carbocycles. The molecule has 1 atom stereocenters. The maximum absolute atomic E-state index is 5.92. The molecule has 0 radical (unpaired) electrons. The predicted molar refractivity (Wildman–Crippen MR) is 66.5 cm³/mol. The van der Waals surface area contributed by atoms with E-state index in [1.54, 1.807) is 6.08 Å². The van der Waals surface area contributed by atoms with Crippen molar-refractivity contribution in [1.82, 2.24) is 0 Å². The van der Waals surface area contributed by atoms with E-state index in [9.17, 15) is 0 Å². The Morgan fingerprint density at radius 3 is 2.81 bits per heavy atom. The van der Waals surface area contributed by atoms with Gasteiger partial charge in [0.25, 0.3) is 0 Å². The monoisotopic (exact) mass is 217 g/mol. The molecule has 1 aromatic rings. The summed E-state index contributed by atoms with van der Waals surface area (Å²) in [6, 6.07) is 7.91. The number of rotatable bonds is 4. The van der Waals surface area contributed by atoms with Crippen LogP contribution < -0.4 is 10.5 Å². The smallest absolute Gasteiger partial charge is 0.120 e. The number of hydrogen-bond donors (Lipinski definition) is 1. The molecule has 0 saturated heterocycles. The van der Waals surface area contributed by atoms with Gasteiger partial charge in [-0.05, 0) is 43.4 Å². The van der Waals surface area contributed by atoms with Gasteiger partial charge in [-0.2, -0.15) is 0 Å². The molecule has 1 unspecified atom stereocenters. The van der Waals surface area contributed by atoms with Gasteiger partial charge in [-0.1, -0.05) is 18.2 Å². The van der Waals surface area contributed by atoms with Gasteiger partial charge in [0.15, 0.2) is 0 Å².